The van der Waals surface area contributed by atoms with Crippen molar-refractivity contribution < 1.29 is 0 Å². The second-order valence-corrected chi connectivity index (χ2v) is 5.72. The molecule has 5 heteroatoms. The maximum atomic E-state index is 4.46. The molecule has 1 unspecified atom stereocenters. The summed E-state index contributed by atoms with van der Waals surface area (Å²) in [6.07, 6.45) is 7.82. The number of rotatable bonds is 3. The number of nitrogens with zero attached hydrogens (tertiary/aromatic N) is 4. The summed E-state index contributed by atoms with van der Waals surface area (Å²) < 4.78 is 0. The Morgan fingerprint density at radius 3 is 2.56 bits per heavy atom. The van der Waals surface area contributed by atoms with Gasteiger partial charge in [0.2, 0.25) is 5.95 Å². The summed E-state index contributed by atoms with van der Waals surface area (Å²) in [5, 5.41) is 0.823. The third kappa shape index (κ3) is 2.52. The molecule has 0 amide bonds. The number of hydrogen-bond acceptors (Lipinski definition) is 4. The predicted octanol–water partition coefficient (Wildman–Crippen LogP) is 2.05. The minimum absolute atomic E-state index is 0.715. The Bertz CT molecular complexity index is 388. The van der Waals surface area contributed by atoms with Gasteiger partial charge in [0.15, 0.2) is 0 Å². The number of anilines is 1. The molecule has 0 saturated carbocycles. The van der Waals surface area contributed by atoms with Gasteiger partial charge in [0.25, 0.3) is 0 Å². The molecule has 0 spiro atoms. The molecule has 3 heterocycles. The van der Waals surface area contributed by atoms with E-state index in [0.29, 0.717) is 6.04 Å². The molecule has 2 aliphatic heterocycles. The van der Waals surface area contributed by atoms with Crippen molar-refractivity contribution in [3.05, 3.63) is 18.0 Å². The van der Waals surface area contributed by atoms with Gasteiger partial charge in [-0.15, -0.1) is 0 Å². The van der Waals surface area contributed by atoms with E-state index in [2.05, 4.69) is 35.7 Å². The highest BCUT2D eigenvalue weighted by Crippen LogP contribution is 2.23. The van der Waals surface area contributed by atoms with Crippen LogP contribution in [0.1, 0.15) is 24.8 Å². The van der Waals surface area contributed by atoms with E-state index in [4.69, 9.17) is 0 Å². The van der Waals surface area contributed by atoms with Crippen LogP contribution in [0.5, 0.6) is 0 Å². The molecule has 0 N–H and O–H groups in total. The van der Waals surface area contributed by atoms with Crippen molar-refractivity contribution in [2.24, 2.45) is 0 Å². The molecule has 4 nitrogen and oxygen atoms in total. The smallest absolute Gasteiger partial charge is 0.225 e. The first-order valence-corrected chi connectivity index (χ1v) is 7.85. The van der Waals surface area contributed by atoms with E-state index in [-0.39, 0.29) is 0 Å². The molecule has 0 bridgehead atoms. The van der Waals surface area contributed by atoms with Gasteiger partial charge >= 0.3 is 0 Å². The fourth-order valence-corrected chi connectivity index (χ4v) is 3.20. The molecular formula is C13H19BrN4. The Balaban J connectivity index is 1.63. The Labute approximate surface area is 117 Å². The molecule has 2 aliphatic rings. The van der Waals surface area contributed by atoms with Gasteiger partial charge < -0.3 is 4.90 Å². The first-order chi connectivity index (χ1) is 8.86. The van der Waals surface area contributed by atoms with Crippen LogP contribution in [0, 0.1) is 0 Å². The summed E-state index contributed by atoms with van der Waals surface area (Å²) in [5.41, 5.74) is 1.13. The van der Waals surface area contributed by atoms with Gasteiger partial charge in [-0.05, 0) is 37.9 Å². The zero-order chi connectivity index (χ0) is 12.4. The van der Waals surface area contributed by atoms with Crippen LogP contribution in [-0.4, -0.2) is 47.1 Å². The topological polar surface area (TPSA) is 32.3 Å². The first kappa shape index (κ1) is 12.4. The second kappa shape index (κ2) is 5.53. The summed E-state index contributed by atoms with van der Waals surface area (Å²) in [4.78, 5) is 13.9. The van der Waals surface area contributed by atoms with Gasteiger partial charge in [-0.25, -0.2) is 9.97 Å². The monoisotopic (exact) mass is 310 g/mol. The van der Waals surface area contributed by atoms with Gasteiger partial charge in [-0.2, -0.15) is 0 Å². The molecule has 0 radical (unpaired) electrons. The molecule has 0 aliphatic carbocycles. The third-order valence-electron chi connectivity index (χ3n) is 3.95. The zero-order valence-electron chi connectivity index (χ0n) is 10.6. The van der Waals surface area contributed by atoms with E-state index in [0.717, 1.165) is 29.9 Å². The van der Waals surface area contributed by atoms with Crippen LogP contribution in [-0.2, 0) is 5.33 Å². The number of aromatic nitrogens is 2. The summed E-state index contributed by atoms with van der Waals surface area (Å²) in [5.74, 6) is 0.890. The van der Waals surface area contributed by atoms with Gasteiger partial charge in [0.1, 0.15) is 0 Å². The van der Waals surface area contributed by atoms with E-state index in [1.54, 1.807) is 0 Å². The van der Waals surface area contributed by atoms with Crippen LogP contribution in [0.3, 0.4) is 0 Å². The Morgan fingerprint density at radius 2 is 1.89 bits per heavy atom. The molecule has 1 aromatic rings. The standard InChI is InChI=1S/C13H19BrN4/c14-7-11-8-15-13(16-9-11)18-6-3-12(10-18)17-4-1-2-5-17/h8-9,12H,1-7,10H2. The minimum atomic E-state index is 0.715. The van der Waals surface area contributed by atoms with Crippen molar-refractivity contribution in [1.82, 2.24) is 14.9 Å². The van der Waals surface area contributed by atoms with Crippen LogP contribution in [0.25, 0.3) is 0 Å². The van der Waals surface area contributed by atoms with E-state index in [1.807, 2.05) is 12.4 Å². The Morgan fingerprint density at radius 1 is 1.17 bits per heavy atom. The summed E-state index contributed by atoms with van der Waals surface area (Å²) in [6.45, 7) is 4.74. The van der Waals surface area contributed by atoms with Gasteiger partial charge in [0.05, 0.1) is 0 Å². The number of likely N-dealkylation sites (tertiary alicyclic amines) is 1. The van der Waals surface area contributed by atoms with Gasteiger partial charge in [-0.1, -0.05) is 15.9 Å². The van der Waals surface area contributed by atoms with Crippen LogP contribution >= 0.6 is 15.9 Å². The van der Waals surface area contributed by atoms with Crippen molar-refractivity contribution in [2.45, 2.75) is 30.6 Å². The van der Waals surface area contributed by atoms with Crippen molar-refractivity contribution in [3.63, 3.8) is 0 Å². The minimum Gasteiger partial charge on any atom is -0.339 e. The van der Waals surface area contributed by atoms with E-state index in [9.17, 15) is 0 Å². The van der Waals surface area contributed by atoms with Crippen molar-refractivity contribution in [2.75, 3.05) is 31.1 Å². The molecule has 1 atom stereocenters. The lowest BCUT2D eigenvalue weighted by molar-refractivity contribution is 0.260. The average Bonchev–Trinajstić information content (AvgIpc) is 3.09. The van der Waals surface area contributed by atoms with Crippen molar-refractivity contribution >= 4 is 21.9 Å². The normalized spacial score (nSPS) is 24.9. The highest BCUT2D eigenvalue weighted by Gasteiger charge is 2.30. The van der Waals surface area contributed by atoms with Crippen molar-refractivity contribution in [3.8, 4) is 0 Å². The molecule has 2 saturated heterocycles. The van der Waals surface area contributed by atoms with E-state index < -0.39 is 0 Å². The molecule has 98 valence electrons. The van der Waals surface area contributed by atoms with E-state index in [1.165, 1.54) is 32.4 Å². The molecule has 0 aromatic carbocycles. The summed E-state index contributed by atoms with van der Waals surface area (Å²) >= 11 is 3.42. The number of alkyl halides is 1. The van der Waals surface area contributed by atoms with Crippen molar-refractivity contribution in [1.29, 1.82) is 0 Å². The SMILES string of the molecule is BrCc1cnc(N2CCC(N3CCCC3)C2)nc1. The lowest BCUT2D eigenvalue weighted by Gasteiger charge is -2.23. The number of hydrogen-bond donors (Lipinski definition) is 0. The molecule has 1 aromatic heterocycles. The molecule has 3 rings (SSSR count). The third-order valence-corrected chi connectivity index (χ3v) is 4.60. The largest absolute Gasteiger partial charge is 0.339 e. The van der Waals surface area contributed by atoms with Gasteiger partial charge in [0, 0.05) is 36.9 Å². The highest BCUT2D eigenvalue weighted by molar-refractivity contribution is 9.08. The highest BCUT2D eigenvalue weighted by atomic mass is 79.9. The summed E-state index contributed by atoms with van der Waals surface area (Å²) in [7, 11) is 0. The number of halogens is 1. The lowest BCUT2D eigenvalue weighted by Crippen LogP contribution is -2.35. The zero-order valence-corrected chi connectivity index (χ0v) is 12.1. The maximum Gasteiger partial charge on any atom is 0.225 e. The first-order valence-electron chi connectivity index (χ1n) is 6.72. The summed E-state index contributed by atoms with van der Waals surface area (Å²) in [6, 6.07) is 0.715. The Hall–Kier alpha value is -0.680. The maximum absolute atomic E-state index is 4.46. The quantitative estimate of drug-likeness (QED) is 0.800. The van der Waals surface area contributed by atoms with Crippen LogP contribution in [0.2, 0.25) is 0 Å². The average molecular weight is 311 g/mol. The van der Waals surface area contributed by atoms with Gasteiger partial charge in [-0.3, -0.25) is 4.90 Å². The molecular weight excluding hydrogens is 292 g/mol. The second-order valence-electron chi connectivity index (χ2n) is 5.16. The lowest BCUT2D eigenvalue weighted by atomic mass is 10.2. The van der Waals surface area contributed by atoms with Crippen LogP contribution in [0.4, 0.5) is 5.95 Å². The molecule has 2 fully saturated rings. The van der Waals surface area contributed by atoms with Crippen LogP contribution in [0.15, 0.2) is 12.4 Å². The van der Waals surface area contributed by atoms with Crippen LogP contribution < -0.4 is 4.90 Å². The fourth-order valence-electron chi connectivity index (χ4n) is 2.91. The Kier molecular flexibility index (Phi) is 3.80. The van der Waals surface area contributed by atoms with E-state index >= 15 is 0 Å². The predicted molar refractivity (Wildman–Crippen MR) is 76.1 cm³/mol. The fraction of sp³-hybridized carbons (Fsp3) is 0.692. The molecule has 18 heavy (non-hydrogen) atoms.